The smallest absolute Gasteiger partial charge is 0.279 e. The Labute approximate surface area is 99.0 Å². The van der Waals surface area contributed by atoms with Crippen LogP contribution in [0.2, 0.25) is 0 Å². The van der Waals surface area contributed by atoms with E-state index in [2.05, 4.69) is 4.72 Å². The summed E-state index contributed by atoms with van der Waals surface area (Å²) < 4.78 is 27.5. The molecule has 5 nitrogen and oxygen atoms in total. The number of hydrogen-bond acceptors (Lipinski definition) is 3. The van der Waals surface area contributed by atoms with E-state index in [1.54, 1.807) is 0 Å². The molecule has 0 bridgehead atoms. The standard InChI is InChI=1S/C10H24N2O3S/c1-9(10(2,3)4)11-16(14,15)12(5)7-6-8-13/h9,11,13H,6-8H2,1-5H3. The highest BCUT2D eigenvalue weighted by Gasteiger charge is 2.26. The Kier molecular flexibility index (Phi) is 5.89. The summed E-state index contributed by atoms with van der Waals surface area (Å²) in [5.41, 5.74) is -0.120. The normalized spacial score (nSPS) is 15.4. The highest BCUT2D eigenvalue weighted by Crippen LogP contribution is 2.19. The average molecular weight is 252 g/mol. The van der Waals surface area contributed by atoms with E-state index in [1.807, 2.05) is 27.7 Å². The quantitative estimate of drug-likeness (QED) is 0.726. The van der Waals surface area contributed by atoms with E-state index >= 15 is 0 Å². The summed E-state index contributed by atoms with van der Waals surface area (Å²) in [5.74, 6) is 0. The van der Waals surface area contributed by atoms with Crippen molar-refractivity contribution in [2.24, 2.45) is 5.41 Å². The van der Waals surface area contributed by atoms with Gasteiger partial charge in [0.15, 0.2) is 0 Å². The highest BCUT2D eigenvalue weighted by atomic mass is 32.2. The van der Waals surface area contributed by atoms with Crippen LogP contribution in [0.5, 0.6) is 0 Å². The van der Waals surface area contributed by atoms with Crippen LogP contribution in [0.25, 0.3) is 0 Å². The van der Waals surface area contributed by atoms with Gasteiger partial charge in [0.1, 0.15) is 0 Å². The lowest BCUT2D eigenvalue weighted by molar-refractivity contribution is 0.272. The molecule has 0 spiro atoms. The molecule has 0 amide bonds. The molecular weight excluding hydrogens is 228 g/mol. The van der Waals surface area contributed by atoms with E-state index in [1.165, 1.54) is 11.4 Å². The number of rotatable bonds is 6. The van der Waals surface area contributed by atoms with Gasteiger partial charge in [-0.25, -0.2) is 0 Å². The maximum absolute atomic E-state index is 11.8. The van der Waals surface area contributed by atoms with Crippen LogP contribution in [0.15, 0.2) is 0 Å². The van der Waals surface area contributed by atoms with Crippen molar-refractivity contribution in [2.75, 3.05) is 20.2 Å². The SMILES string of the molecule is CC(NS(=O)(=O)N(C)CCCO)C(C)(C)C. The van der Waals surface area contributed by atoms with Gasteiger partial charge in [0.2, 0.25) is 0 Å². The molecule has 2 N–H and O–H groups in total. The summed E-state index contributed by atoms with van der Waals surface area (Å²) in [6, 6.07) is -0.144. The minimum Gasteiger partial charge on any atom is -0.396 e. The molecule has 0 rings (SSSR count). The Bertz CT molecular complexity index is 296. The van der Waals surface area contributed by atoms with Crippen LogP contribution in [-0.4, -0.2) is 44.1 Å². The number of aliphatic hydroxyl groups is 1. The zero-order valence-electron chi connectivity index (χ0n) is 10.8. The van der Waals surface area contributed by atoms with Crippen molar-refractivity contribution in [3.63, 3.8) is 0 Å². The fraction of sp³-hybridized carbons (Fsp3) is 1.00. The molecule has 0 saturated carbocycles. The molecule has 1 unspecified atom stereocenters. The van der Waals surface area contributed by atoms with E-state index < -0.39 is 10.2 Å². The van der Waals surface area contributed by atoms with Crippen molar-refractivity contribution in [1.82, 2.24) is 9.03 Å². The van der Waals surface area contributed by atoms with Gasteiger partial charge in [-0.2, -0.15) is 17.4 Å². The molecule has 6 heteroatoms. The van der Waals surface area contributed by atoms with Gasteiger partial charge in [-0.05, 0) is 18.8 Å². The molecule has 0 aliphatic heterocycles. The van der Waals surface area contributed by atoms with E-state index in [9.17, 15) is 8.42 Å². The maximum atomic E-state index is 11.8. The van der Waals surface area contributed by atoms with Crippen molar-refractivity contribution in [3.05, 3.63) is 0 Å². The Hall–Kier alpha value is -0.170. The van der Waals surface area contributed by atoms with Crippen molar-refractivity contribution in [3.8, 4) is 0 Å². The van der Waals surface area contributed by atoms with Crippen LogP contribution >= 0.6 is 0 Å². The van der Waals surface area contributed by atoms with Crippen LogP contribution < -0.4 is 4.72 Å². The maximum Gasteiger partial charge on any atom is 0.279 e. The molecule has 0 radical (unpaired) electrons. The van der Waals surface area contributed by atoms with Gasteiger partial charge < -0.3 is 5.11 Å². The minimum absolute atomic E-state index is 0.00527. The predicted molar refractivity (Wildman–Crippen MR) is 65.3 cm³/mol. The first-order valence-electron chi connectivity index (χ1n) is 5.45. The predicted octanol–water partition coefficient (Wildman–Crippen LogP) is 0.570. The number of hydrogen-bond donors (Lipinski definition) is 2. The fourth-order valence-corrected chi connectivity index (χ4v) is 2.25. The first-order valence-corrected chi connectivity index (χ1v) is 6.89. The molecule has 16 heavy (non-hydrogen) atoms. The topological polar surface area (TPSA) is 69.6 Å². The Morgan fingerprint density at radius 3 is 2.25 bits per heavy atom. The van der Waals surface area contributed by atoms with Crippen LogP contribution in [0.3, 0.4) is 0 Å². The van der Waals surface area contributed by atoms with Gasteiger partial charge >= 0.3 is 0 Å². The highest BCUT2D eigenvalue weighted by molar-refractivity contribution is 7.87. The largest absolute Gasteiger partial charge is 0.396 e. The molecular formula is C10H24N2O3S. The third kappa shape index (κ3) is 5.25. The van der Waals surface area contributed by atoms with E-state index in [-0.39, 0.29) is 18.1 Å². The van der Waals surface area contributed by atoms with Gasteiger partial charge in [0.25, 0.3) is 10.2 Å². The fourth-order valence-electron chi connectivity index (χ4n) is 0.904. The van der Waals surface area contributed by atoms with Crippen molar-refractivity contribution < 1.29 is 13.5 Å². The summed E-state index contributed by atoms with van der Waals surface area (Å²) in [7, 11) is -1.94. The Morgan fingerprint density at radius 2 is 1.88 bits per heavy atom. The average Bonchev–Trinajstić information content (AvgIpc) is 2.11. The Morgan fingerprint density at radius 1 is 1.38 bits per heavy atom. The summed E-state index contributed by atoms with van der Waals surface area (Å²) in [6.07, 6.45) is 0.446. The lowest BCUT2D eigenvalue weighted by atomic mass is 9.89. The molecule has 98 valence electrons. The summed E-state index contributed by atoms with van der Waals surface area (Å²) in [4.78, 5) is 0. The van der Waals surface area contributed by atoms with E-state index in [4.69, 9.17) is 5.11 Å². The molecule has 0 heterocycles. The number of aliphatic hydroxyl groups excluding tert-OH is 1. The van der Waals surface area contributed by atoms with Crippen LogP contribution in [0, 0.1) is 5.41 Å². The molecule has 0 fully saturated rings. The lowest BCUT2D eigenvalue weighted by Crippen LogP contribution is -2.47. The Balaban J connectivity index is 4.46. The molecule has 0 aliphatic rings. The second-order valence-electron chi connectivity index (χ2n) is 5.11. The minimum atomic E-state index is -3.44. The van der Waals surface area contributed by atoms with Crippen LogP contribution in [0.1, 0.15) is 34.1 Å². The summed E-state index contributed by atoms with van der Waals surface area (Å²) in [5, 5.41) is 8.65. The zero-order valence-corrected chi connectivity index (χ0v) is 11.6. The third-order valence-corrected chi connectivity index (χ3v) is 4.32. The molecule has 0 saturated heterocycles. The van der Waals surface area contributed by atoms with E-state index in [0.717, 1.165) is 0 Å². The lowest BCUT2D eigenvalue weighted by Gasteiger charge is -2.29. The third-order valence-electron chi connectivity index (χ3n) is 2.67. The van der Waals surface area contributed by atoms with Crippen LogP contribution in [0.4, 0.5) is 0 Å². The summed E-state index contributed by atoms with van der Waals surface area (Å²) >= 11 is 0. The van der Waals surface area contributed by atoms with Crippen molar-refractivity contribution >= 4 is 10.2 Å². The molecule has 0 aliphatic carbocycles. The van der Waals surface area contributed by atoms with Crippen molar-refractivity contribution in [1.29, 1.82) is 0 Å². The number of nitrogens with one attached hydrogen (secondary N) is 1. The molecule has 0 aromatic rings. The monoisotopic (exact) mass is 252 g/mol. The van der Waals surface area contributed by atoms with E-state index in [0.29, 0.717) is 13.0 Å². The zero-order chi connectivity index (χ0) is 13.0. The first-order chi connectivity index (χ1) is 7.11. The van der Waals surface area contributed by atoms with Gasteiger partial charge in [-0.15, -0.1) is 0 Å². The van der Waals surface area contributed by atoms with Gasteiger partial charge in [-0.3, -0.25) is 0 Å². The first kappa shape index (κ1) is 15.8. The van der Waals surface area contributed by atoms with Gasteiger partial charge in [0, 0.05) is 26.2 Å². The van der Waals surface area contributed by atoms with Crippen LogP contribution in [-0.2, 0) is 10.2 Å². The summed E-state index contributed by atoms with van der Waals surface area (Å²) in [6.45, 7) is 8.10. The molecule has 0 aromatic carbocycles. The van der Waals surface area contributed by atoms with Gasteiger partial charge in [0.05, 0.1) is 0 Å². The second-order valence-corrected chi connectivity index (χ2v) is 6.92. The van der Waals surface area contributed by atoms with Crippen molar-refractivity contribution in [2.45, 2.75) is 40.2 Å². The number of nitrogens with zero attached hydrogens (tertiary/aromatic N) is 1. The molecule has 1 atom stereocenters. The second kappa shape index (κ2) is 5.95. The van der Waals surface area contributed by atoms with Gasteiger partial charge in [-0.1, -0.05) is 20.8 Å². The molecule has 0 aromatic heterocycles.